The fourth-order valence-electron chi connectivity index (χ4n) is 3.23. The Hall–Kier alpha value is -1.19. The summed E-state index contributed by atoms with van der Waals surface area (Å²) in [6, 6.07) is 2.33. The molecular weight excluding hydrogens is 251 g/mol. The summed E-state index contributed by atoms with van der Waals surface area (Å²) in [4.78, 5) is 0. The first-order valence-corrected chi connectivity index (χ1v) is 7.04. The molecule has 0 aromatic heterocycles. The van der Waals surface area contributed by atoms with Gasteiger partial charge in [0, 0.05) is 23.9 Å². The third kappa shape index (κ3) is 2.88. The van der Waals surface area contributed by atoms with Gasteiger partial charge in [-0.2, -0.15) is 0 Å². The summed E-state index contributed by atoms with van der Waals surface area (Å²) in [7, 11) is 0. The van der Waals surface area contributed by atoms with Crippen molar-refractivity contribution in [2.24, 2.45) is 11.8 Å². The minimum absolute atomic E-state index is 0.253. The summed E-state index contributed by atoms with van der Waals surface area (Å²) in [5.74, 6) is -2.04. The monoisotopic (exact) mass is 269 g/mol. The zero-order chi connectivity index (χ0) is 13.4. The molecule has 0 radical (unpaired) electrons. The maximum absolute atomic E-state index is 13.2. The van der Waals surface area contributed by atoms with Crippen molar-refractivity contribution in [2.45, 2.75) is 44.6 Å². The van der Waals surface area contributed by atoms with E-state index < -0.39 is 17.5 Å². The van der Waals surface area contributed by atoms with Crippen LogP contribution in [0, 0.1) is 29.3 Å². The topological polar surface area (TPSA) is 12.0 Å². The van der Waals surface area contributed by atoms with E-state index in [4.69, 9.17) is 0 Å². The molecule has 0 aliphatic heterocycles. The predicted molar refractivity (Wildman–Crippen MR) is 68.4 cm³/mol. The van der Waals surface area contributed by atoms with Crippen LogP contribution in [0.2, 0.25) is 0 Å². The van der Waals surface area contributed by atoms with Gasteiger partial charge in [-0.1, -0.05) is 12.8 Å². The molecule has 2 atom stereocenters. The highest BCUT2D eigenvalue weighted by atomic mass is 19.2. The number of hydrogen-bond donors (Lipinski definition) is 1. The second-order valence-electron chi connectivity index (χ2n) is 5.86. The highest BCUT2D eigenvalue weighted by Crippen LogP contribution is 2.44. The Morgan fingerprint density at radius 3 is 2.21 bits per heavy atom. The summed E-state index contributed by atoms with van der Waals surface area (Å²) < 4.78 is 39.2. The van der Waals surface area contributed by atoms with Crippen LogP contribution in [0.4, 0.5) is 18.9 Å². The van der Waals surface area contributed by atoms with Crippen LogP contribution in [0.1, 0.15) is 38.5 Å². The lowest BCUT2D eigenvalue weighted by Crippen LogP contribution is -2.28. The molecule has 2 aliphatic carbocycles. The van der Waals surface area contributed by atoms with Crippen LogP contribution in [0.3, 0.4) is 0 Å². The maximum Gasteiger partial charge on any atom is 0.194 e. The van der Waals surface area contributed by atoms with Crippen LogP contribution in [-0.4, -0.2) is 6.04 Å². The van der Waals surface area contributed by atoms with E-state index in [1.165, 1.54) is 19.3 Å². The van der Waals surface area contributed by atoms with Crippen LogP contribution in [0.15, 0.2) is 12.1 Å². The molecule has 104 valence electrons. The molecule has 19 heavy (non-hydrogen) atoms. The molecule has 1 nitrogen and oxygen atoms in total. The van der Waals surface area contributed by atoms with Crippen LogP contribution >= 0.6 is 0 Å². The normalized spacial score (nSPS) is 27.3. The van der Waals surface area contributed by atoms with E-state index in [1.54, 1.807) is 0 Å². The van der Waals surface area contributed by atoms with Gasteiger partial charge in [0.25, 0.3) is 0 Å². The molecule has 4 heteroatoms. The van der Waals surface area contributed by atoms with Gasteiger partial charge in [-0.25, -0.2) is 13.2 Å². The van der Waals surface area contributed by atoms with E-state index in [0.29, 0.717) is 5.69 Å². The van der Waals surface area contributed by atoms with Crippen molar-refractivity contribution >= 4 is 5.69 Å². The smallest absolute Gasteiger partial charge is 0.194 e. The lowest BCUT2D eigenvalue weighted by atomic mass is 9.82. The molecular formula is C15H18F3N. The van der Waals surface area contributed by atoms with Gasteiger partial charge in [0.05, 0.1) is 0 Å². The molecule has 0 bridgehead atoms. The van der Waals surface area contributed by atoms with E-state index in [1.807, 2.05) is 0 Å². The third-order valence-electron chi connectivity index (χ3n) is 4.36. The average molecular weight is 269 g/mol. The molecule has 1 N–H and O–H groups in total. The maximum atomic E-state index is 13.2. The van der Waals surface area contributed by atoms with E-state index >= 15 is 0 Å². The molecule has 1 aromatic carbocycles. The lowest BCUT2D eigenvalue weighted by Gasteiger charge is -2.30. The molecule has 0 spiro atoms. The highest BCUT2D eigenvalue weighted by molar-refractivity contribution is 5.45. The Balaban J connectivity index is 1.67. The number of hydrogen-bond acceptors (Lipinski definition) is 1. The van der Waals surface area contributed by atoms with Gasteiger partial charge < -0.3 is 5.32 Å². The first kappa shape index (κ1) is 12.8. The molecule has 2 saturated carbocycles. The van der Waals surface area contributed by atoms with Crippen molar-refractivity contribution in [1.29, 1.82) is 0 Å². The Bertz CT molecular complexity index is 447. The van der Waals surface area contributed by atoms with Gasteiger partial charge >= 0.3 is 0 Å². The van der Waals surface area contributed by atoms with E-state index in [-0.39, 0.29) is 6.04 Å². The van der Waals surface area contributed by atoms with Crippen molar-refractivity contribution in [1.82, 2.24) is 0 Å². The Labute approximate surface area is 111 Å². The highest BCUT2D eigenvalue weighted by Gasteiger charge is 2.34. The van der Waals surface area contributed by atoms with Crippen LogP contribution in [0.25, 0.3) is 0 Å². The zero-order valence-corrected chi connectivity index (χ0v) is 10.8. The van der Waals surface area contributed by atoms with Crippen LogP contribution < -0.4 is 5.32 Å². The van der Waals surface area contributed by atoms with E-state index in [2.05, 4.69) is 5.32 Å². The van der Waals surface area contributed by atoms with E-state index in [9.17, 15) is 13.2 Å². The third-order valence-corrected chi connectivity index (χ3v) is 4.36. The molecule has 3 rings (SSSR count). The van der Waals surface area contributed by atoms with Gasteiger partial charge in [-0.3, -0.25) is 0 Å². The number of halogens is 3. The Morgan fingerprint density at radius 1 is 0.895 bits per heavy atom. The molecule has 2 unspecified atom stereocenters. The van der Waals surface area contributed by atoms with Gasteiger partial charge in [0.1, 0.15) is 0 Å². The summed E-state index contributed by atoms with van der Waals surface area (Å²) >= 11 is 0. The van der Waals surface area contributed by atoms with Crippen molar-refractivity contribution in [3.8, 4) is 0 Å². The summed E-state index contributed by atoms with van der Waals surface area (Å²) in [5.41, 5.74) is 0.345. The second-order valence-corrected chi connectivity index (χ2v) is 5.86. The second kappa shape index (κ2) is 5.06. The van der Waals surface area contributed by atoms with Gasteiger partial charge in [0.15, 0.2) is 17.5 Å². The van der Waals surface area contributed by atoms with Crippen molar-refractivity contribution in [3.05, 3.63) is 29.6 Å². The van der Waals surface area contributed by atoms with Crippen LogP contribution in [-0.2, 0) is 0 Å². The average Bonchev–Trinajstić information content (AvgIpc) is 3.20. The van der Waals surface area contributed by atoms with Gasteiger partial charge in [-0.15, -0.1) is 0 Å². The first-order chi connectivity index (χ1) is 9.13. The van der Waals surface area contributed by atoms with Crippen molar-refractivity contribution in [3.63, 3.8) is 0 Å². The Kier molecular flexibility index (Phi) is 3.42. The number of nitrogens with one attached hydrogen (secondary N) is 1. The van der Waals surface area contributed by atoms with E-state index in [0.717, 1.165) is 43.2 Å². The van der Waals surface area contributed by atoms with Crippen molar-refractivity contribution < 1.29 is 13.2 Å². The minimum atomic E-state index is -1.40. The van der Waals surface area contributed by atoms with Crippen LogP contribution in [0.5, 0.6) is 0 Å². The largest absolute Gasteiger partial charge is 0.382 e. The SMILES string of the molecule is Fc1cc(NC2CCCC(C3CC3)C2)cc(F)c1F. The number of benzene rings is 1. The summed E-state index contributed by atoms with van der Waals surface area (Å²) in [6.45, 7) is 0. The molecule has 2 fully saturated rings. The molecule has 0 amide bonds. The minimum Gasteiger partial charge on any atom is -0.382 e. The fraction of sp³-hybridized carbons (Fsp3) is 0.600. The molecule has 0 heterocycles. The predicted octanol–water partition coefficient (Wildman–Crippen LogP) is 4.48. The molecule has 1 aromatic rings. The summed E-state index contributed by atoms with van der Waals surface area (Å²) in [6.07, 6.45) is 7.17. The first-order valence-electron chi connectivity index (χ1n) is 7.04. The molecule has 2 aliphatic rings. The molecule has 0 saturated heterocycles. The van der Waals surface area contributed by atoms with Gasteiger partial charge in [0.2, 0.25) is 0 Å². The summed E-state index contributed by atoms with van der Waals surface area (Å²) in [5, 5.41) is 3.16. The number of rotatable bonds is 3. The Morgan fingerprint density at radius 2 is 1.58 bits per heavy atom. The standard InChI is InChI=1S/C15H18F3N/c16-13-7-12(8-14(17)15(13)18)19-11-3-1-2-10(6-11)9-4-5-9/h7-11,19H,1-6H2. The fourth-order valence-corrected chi connectivity index (χ4v) is 3.23. The zero-order valence-electron chi connectivity index (χ0n) is 10.8. The number of anilines is 1. The van der Waals surface area contributed by atoms with Gasteiger partial charge in [-0.05, 0) is 37.5 Å². The lowest BCUT2D eigenvalue weighted by molar-refractivity contribution is 0.303. The quantitative estimate of drug-likeness (QED) is 0.797. The van der Waals surface area contributed by atoms with Crippen molar-refractivity contribution in [2.75, 3.05) is 5.32 Å².